The van der Waals surface area contributed by atoms with Crippen LogP contribution in [0.4, 0.5) is 0 Å². The summed E-state index contributed by atoms with van der Waals surface area (Å²) < 4.78 is 0. The first kappa shape index (κ1) is 36.6. The number of hydrogen-bond acceptors (Lipinski definition) is 4. The van der Waals surface area contributed by atoms with Crippen molar-refractivity contribution in [3.8, 4) is 22.5 Å². The SMILES string of the molecule is Cc1c(-c2ccc(Cl)cc2Cl)nc2ccccc2c1C(=O)NCCCCCCCNC(=O)c1c(C)c(-c2ccc(Cl)cc2Cl)nc2ccccc12. The van der Waals surface area contributed by atoms with E-state index in [4.69, 9.17) is 56.4 Å². The van der Waals surface area contributed by atoms with Crippen molar-refractivity contribution in [2.45, 2.75) is 46.0 Å². The monoisotopic (exact) mass is 756 g/mol. The number of amides is 2. The fourth-order valence-corrected chi connectivity index (χ4v) is 7.44. The topological polar surface area (TPSA) is 84.0 Å². The molecule has 260 valence electrons. The third-order valence-electron chi connectivity index (χ3n) is 9.02. The number of aromatic nitrogens is 2. The van der Waals surface area contributed by atoms with Gasteiger partial charge in [-0.05, 0) is 86.3 Å². The van der Waals surface area contributed by atoms with Crippen LogP contribution in [0.5, 0.6) is 0 Å². The minimum atomic E-state index is -0.138. The molecule has 4 aromatic carbocycles. The van der Waals surface area contributed by atoms with Gasteiger partial charge in [-0.1, -0.05) is 102 Å². The highest BCUT2D eigenvalue weighted by Crippen LogP contribution is 2.36. The van der Waals surface area contributed by atoms with Gasteiger partial charge < -0.3 is 10.6 Å². The number of para-hydroxylation sites is 2. The van der Waals surface area contributed by atoms with E-state index in [0.29, 0.717) is 55.7 Å². The van der Waals surface area contributed by atoms with Gasteiger partial charge in [-0.15, -0.1) is 0 Å². The summed E-state index contributed by atoms with van der Waals surface area (Å²) in [6.07, 6.45) is 4.58. The second-order valence-corrected chi connectivity index (χ2v) is 14.2. The normalized spacial score (nSPS) is 11.3. The van der Waals surface area contributed by atoms with E-state index >= 15 is 0 Å². The summed E-state index contributed by atoms with van der Waals surface area (Å²) in [5.74, 6) is -0.277. The number of fused-ring (bicyclic) bond motifs is 2. The summed E-state index contributed by atoms with van der Waals surface area (Å²) in [4.78, 5) is 36.8. The average molecular weight is 759 g/mol. The summed E-state index contributed by atoms with van der Waals surface area (Å²) in [5.41, 5.74) is 6.93. The molecule has 2 amide bonds. The van der Waals surface area contributed by atoms with Crippen LogP contribution in [0.3, 0.4) is 0 Å². The van der Waals surface area contributed by atoms with E-state index in [9.17, 15) is 9.59 Å². The molecule has 0 spiro atoms. The minimum Gasteiger partial charge on any atom is -0.352 e. The highest BCUT2D eigenvalue weighted by atomic mass is 35.5. The molecule has 0 aliphatic carbocycles. The van der Waals surface area contributed by atoms with Gasteiger partial charge >= 0.3 is 0 Å². The van der Waals surface area contributed by atoms with Crippen molar-refractivity contribution in [1.82, 2.24) is 20.6 Å². The lowest BCUT2D eigenvalue weighted by molar-refractivity contribution is 0.0946. The van der Waals surface area contributed by atoms with E-state index in [1.165, 1.54) is 0 Å². The number of unbranched alkanes of at least 4 members (excludes halogenated alkanes) is 4. The second-order valence-electron chi connectivity index (χ2n) is 12.5. The first-order valence-electron chi connectivity index (χ1n) is 16.9. The highest BCUT2D eigenvalue weighted by molar-refractivity contribution is 6.37. The Labute approximate surface area is 317 Å². The number of hydrogen-bond donors (Lipinski definition) is 2. The van der Waals surface area contributed by atoms with Gasteiger partial charge in [0.1, 0.15) is 0 Å². The van der Waals surface area contributed by atoms with Crippen LogP contribution >= 0.6 is 46.4 Å². The first-order valence-corrected chi connectivity index (χ1v) is 18.4. The second kappa shape index (κ2) is 16.4. The third-order valence-corrected chi connectivity index (χ3v) is 10.1. The molecule has 0 radical (unpaired) electrons. The van der Waals surface area contributed by atoms with Gasteiger partial charge in [-0.3, -0.25) is 9.59 Å². The maximum atomic E-state index is 13.5. The van der Waals surface area contributed by atoms with Crippen LogP contribution in [-0.4, -0.2) is 34.9 Å². The largest absolute Gasteiger partial charge is 0.352 e. The van der Waals surface area contributed by atoms with E-state index in [2.05, 4.69) is 10.6 Å². The number of nitrogens with zero attached hydrogens (tertiary/aromatic N) is 2. The Bertz CT molecular complexity index is 2120. The lowest BCUT2D eigenvalue weighted by Gasteiger charge is -2.16. The van der Waals surface area contributed by atoms with E-state index in [0.717, 1.165) is 76.2 Å². The van der Waals surface area contributed by atoms with Crippen molar-refractivity contribution >= 4 is 80.0 Å². The van der Waals surface area contributed by atoms with E-state index in [-0.39, 0.29) is 11.8 Å². The molecule has 6 aromatic rings. The Balaban J connectivity index is 1.02. The van der Waals surface area contributed by atoms with E-state index in [1.54, 1.807) is 24.3 Å². The van der Waals surface area contributed by atoms with Crippen molar-refractivity contribution < 1.29 is 9.59 Å². The van der Waals surface area contributed by atoms with Gasteiger partial charge in [0, 0.05) is 45.0 Å². The van der Waals surface area contributed by atoms with Crippen LogP contribution in [0.15, 0.2) is 84.9 Å². The number of carbonyl (C=O) groups is 2. The number of rotatable bonds is 12. The van der Waals surface area contributed by atoms with Crippen LogP contribution < -0.4 is 10.6 Å². The van der Waals surface area contributed by atoms with Crippen molar-refractivity contribution in [2.24, 2.45) is 0 Å². The Morgan fingerprint density at radius 1 is 0.549 bits per heavy atom. The number of nitrogens with one attached hydrogen (secondary N) is 2. The molecule has 10 heteroatoms. The molecule has 0 fully saturated rings. The van der Waals surface area contributed by atoms with Crippen LogP contribution in [0, 0.1) is 13.8 Å². The molecule has 0 atom stereocenters. The summed E-state index contributed by atoms with van der Waals surface area (Å²) in [7, 11) is 0. The van der Waals surface area contributed by atoms with Gasteiger partial charge in [-0.2, -0.15) is 0 Å². The highest BCUT2D eigenvalue weighted by Gasteiger charge is 2.21. The molecular weight excluding hydrogens is 722 g/mol. The molecule has 6 nitrogen and oxygen atoms in total. The lowest BCUT2D eigenvalue weighted by Crippen LogP contribution is -2.26. The number of pyridine rings is 2. The maximum absolute atomic E-state index is 13.5. The van der Waals surface area contributed by atoms with E-state index < -0.39 is 0 Å². The van der Waals surface area contributed by atoms with Crippen LogP contribution in [-0.2, 0) is 0 Å². The van der Waals surface area contributed by atoms with Crippen molar-refractivity contribution in [2.75, 3.05) is 13.1 Å². The lowest BCUT2D eigenvalue weighted by atomic mass is 9.97. The van der Waals surface area contributed by atoms with Gasteiger partial charge in [-0.25, -0.2) is 9.97 Å². The van der Waals surface area contributed by atoms with Crippen LogP contribution in [0.1, 0.15) is 63.9 Å². The summed E-state index contributed by atoms with van der Waals surface area (Å²) in [6.45, 7) is 4.91. The molecule has 2 N–H and O–H groups in total. The van der Waals surface area contributed by atoms with Gasteiger partial charge in [0.15, 0.2) is 0 Å². The quantitative estimate of drug-likeness (QED) is 0.122. The van der Waals surface area contributed by atoms with Crippen molar-refractivity contribution in [3.63, 3.8) is 0 Å². The molecule has 0 unspecified atom stereocenters. The zero-order valence-corrected chi connectivity index (χ0v) is 31.3. The van der Waals surface area contributed by atoms with Gasteiger partial charge in [0.05, 0.1) is 43.6 Å². The molecule has 0 saturated heterocycles. The first-order chi connectivity index (χ1) is 24.6. The summed E-state index contributed by atoms with van der Waals surface area (Å²) in [6, 6.07) is 25.8. The van der Waals surface area contributed by atoms with Gasteiger partial charge in [0.2, 0.25) is 0 Å². The predicted molar refractivity (Wildman–Crippen MR) is 212 cm³/mol. The fourth-order valence-electron chi connectivity index (χ4n) is 6.45. The Kier molecular flexibility index (Phi) is 11.8. The molecule has 0 aliphatic heterocycles. The number of halogens is 4. The zero-order chi connectivity index (χ0) is 36.1. The van der Waals surface area contributed by atoms with Crippen molar-refractivity contribution in [1.29, 1.82) is 0 Å². The number of carbonyl (C=O) groups excluding carboxylic acids is 2. The molecule has 0 saturated carbocycles. The Morgan fingerprint density at radius 3 is 1.35 bits per heavy atom. The van der Waals surface area contributed by atoms with Crippen LogP contribution in [0.25, 0.3) is 44.3 Å². The third kappa shape index (κ3) is 8.15. The molecule has 0 bridgehead atoms. The van der Waals surface area contributed by atoms with Gasteiger partial charge in [0.25, 0.3) is 11.8 Å². The smallest absolute Gasteiger partial charge is 0.252 e. The molecule has 51 heavy (non-hydrogen) atoms. The number of benzene rings is 4. The average Bonchev–Trinajstić information content (AvgIpc) is 3.10. The fraction of sp³-hybridized carbons (Fsp3) is 0.220. The molecule has 2 heterocycles. The molecular formula is C41H36Cl4N4O2. The molecule has 2 aromatic heterocycles. The molecule has 0 aliphatic rings. The molecule has 6 rings (SSSR count). The summed E-state index contributed by atoms with van der Waals surface area (Å²) >= 11 is 25.3. The maximum Gasteiger partial charge on any atom is 0.252 e. The van der Waals surface area contributed by atoms with E-state index in [1.807, 2.05) is 74.5 Å². The Hall–Kier alpha value is -4.20. The van der Waals surface area contributed by atoms with Crippen LogP contribution in [0.2, 0.25) is 20.1 Å². The predicted octanol–water partition coefficient (Wildman–Crippen LogP) is 11.5. The summed E-state index contributed by atoms with van der Waals surface area (Å²) in [5, 5.41) is 9.85. The Morgan fingerprint density at radius 2 is 0.941 bits per heavy atom. The minimum absolute atomic E-state index is 0.138. The van der Waals surface area contributed by atoms with Crippen molar-refractivity contribution in [3.05, 3.63) is 127 Å². The standard InChI is InChI=1S/C41H36Cl4N4O2/c1-24-36(30-12-6-8-14-34(30)48-38(24)28-18-16-26(42)22-32(28)44)40(50)46-20-10-4-3-5-11-21-47-41(51)37-25(2)39(29-19-17-27(43)23-33(29)45)49-35-15-9-7-13-31(35)37/h6-9,12-19,22-23H,3-5,10-11,20-21H2,1-2H3,(H,46,50)(H,47,51). The zero-order valence-electron chi connectivity index (χ0n) is 28.3.